The molecule has 0 aliphatic carbocycles. The summed E-state index contributed by atoms with van der Waals surface area (Å²) >= 11 is 0. The number of aliphatic hydroxyl groups excluding tert-OH is 1. The first-order valence-corrected chi connectivity index (χ1v) is 7.33. The zero-order valence-corrected chi connectivity index (χ0v) is 12.6. The van der Waals surface area contributed by atoms with Crippen LogP contribution in [0.5, 0.6) is 5.75 Å². The summed E-state index contributed by atoms with van der Waals surface area (Å²) in [6.45, 7) is 5.64. The average molecular weight is 293 g/mol. The molecule has 0 aromatic heterocycles. The van der Waals surface area contributed by atoms with Crippen LogP contribution in [-0.4, -0.2) is 54.9 Å². The SMILES string of the molecule is CC(C)c1ccc(OCC(=O)N2CCOC(CO)C2)cc1. The quantitative estimate of drug-likeness (QED) is 0.892. The van der Waals surface area contributed by atoms with E-state index in [-0.39, 0.29) is 25.2 Å². The van der Waals surface area contributed by atoms with Crippen molar-refractivity contribution in [1.82, 2.24) is 4.90 Å². The summed E-state index contributed by atoms with van der Waals surface area (Å²) in [4.78, 5) is 13.7. The summed E-state index contributed by atoms with van der Waals surface area (Å²) in [6.07, 6.45) is -0.284. The fourth-order valence-corrected chi connectivity index (χ4v) is 2.24. The molecule has 5 heteroatoms. The molecule has 1 atom stereocenters. The average Bonchev–Trinajstić information content (AvgIpc) is 2.53. The molecule has 116 valence electrons. The van der Waals surface area contributed by atoms with Gasteiger partial charge in [0.2, 0.25) is 0 Å². The van der Waals surface area contributed by atoms with Crippen LogP contribution < -0.4 is 4.74 Å². The number of hydrogen-bond acceptors (Lipinski definition) is 4. The largest absolute Gasteiger partial charge is 0.484 e. The van der Waals surface area contributed by atoms with Crippen molar-refractivity contribution in [2.75, 3.05) is 32.9 Å². The van der Waals surface area contributed by atoms with Gasteiger partial charge in [-0.2, -0.15) is 0 Å². The van der Waals surface area contributed by atoms with E-state index in [9.17, 15) is 4.79 Å². The number of hydrogen-bond donors (Lipinski definition) is 1. The van der Waals surface area contributed by atoms with Crippen LogP contribution in [0.15, 0.2) is 24.3 Å². The number of carbonyl (C=O) groups excluding carboxylic acids is 1. The minimum Gasteiger partial charge on any atom is -0.484 e. The fraction of sp³-hybridized carbons (Fsp3) is 0.562. The Labute approximate surface area is 125 Å². The van der Waals surface area contributed by atoms with E-state index in [1.54, 1.807) is 4.90 Å². The van der Waals surface area contributed by atoms with Gasteiger partial charge >= 0.3 is 0 Å². The van der Waals surface area contributed by atoms with Gasteiger partial charge in [0.15, 0.2) is 6.61 Å². The van der Waals surface area contributed by atoms with Crippen molar-refractivity contribution in [1.29, 1.82) is 0 Å². The Morgan fingerprint density at radius 3 is 2.76 bits per heavy atom. The standard InChI is InChI=1S/C16H23NO4/c1-12(2)13-3-5-14(6-4-13)21-11-16(19)17-7-8-20-15(9-17)10-18/h3-6,12,15,18H,7-11H2,1-2H3. The highest BCUT2D eigenvalue weighted by Gasteiger charge is 2.23. The predicted molar refractivity (Wildman–Crippen MR) is 79.4 cm³/mol. The van der Waals surface area contributed by atoms with Crippen molar-refractivity contribution in [3.63, 3.8) is 0 Å². The normalized spacial score (nSPS) is 18.9. The first-order chi connectivity index (χ1) is 10.1. The van der Waals surface area contributed by atoms with E-state index in [2.05, 4.69) is 13.8 Å². The van der Waals surface area contributed by atoms with Crippen LogP contribution in [0.3, 0.4) is 0 Å². The topological polar surface area (TPSA) is 59.0 Å². The van der Waals surface area contributed by atoms with Crippen molar-refractivity contribution < 1.29 is 19.4 Å². The van der Waals surface area contributed by atoms with Crippen LogP contribution in [0.1, 0.15) is 25.3 Å². The fourth-order valence-electron chi connectivity index (χ4n) is 2.24. The van der Waals surface area contributed by atoms with Gasteiger partial charge in [0, 0.05) is 13.1 Å². The molecule has 0 saturated carbocycles. The number of ether oxygens (including phenoxy) is 2. The Hall–Kier alpha value is -1.59. The number of carbonyl (C=O) groups is 1. The smallest absolute Gasteiger partial charge is 0.260 e. The first kappa shape index (κ1) is 15.8. The molecule has 1 aromatic carbocycles. The third-order valence-corrected chi connectivity index (χ3v) is 3.60. The number of morpholine rings is 1. The second-order valence-corrected chi connectivity index (χ2v) is 5.53. The van der Waals surface area contributed by atoms with Gasteiger partial charge in [0.1, 0.15) is 5.75 Å². The Kier molecular flexibility index (Phi) is 5.59. The van der Waals surface area contributed by atoms with Gasteiger partial charge in [-0.3, -0.25) is 4.79 Å². The molecule has 0 spiro atoms. The summed E-state index contributed by atoms with van der Waals surface area (Å²) in [5, 5.41) is 9.08. The Bertz CT molecular complexity index is 458. The van der Waals surface area contributed by atoms with E-state index < -0.39 is 0 Å². The van der Waals surface area contributed by atoms with Gasteiger partial charge in [0.05, 0.1) is 19.3 Å². The zero-order valence-electron chi connectivity index (χ0n) is 12.6. The lowest BCUT2D eigenvalue weighted by Crippen LogP contribution is -2.48. The molecule has 21 heavy (non-hydrogen) atoms. The lowest BCUT2D eigenvalue weighted by molar-refractivity contribution is -0.142. The third-order valence-electron chi connectivity index (χ3n) is 3.60. The van der Waals surface area contributed by atoms with Crippen LogP contribution in [0, 0.1) is 0 Å². The molecule has 1 fully saturated rings. The van der Waals surface area contributed by atoms with Gasteiger partial charge < -0.3 is 19.5 Å². The van der Waals surface area contributed by atoms with Crippen LogP contribution in [-0.2, 0) is 9.53 Å². The number of aliphatic hydroxyl groups is 1. The molecule has 5 nitrogen and oxygen atoms in total. The maximum Gasteiger partial charge on any atom is 0.260 e. The second kappa shape index (κ2) is 7.43. The second-order valence-electron chi connectivity index (χ2n) is 5.53. The maximum atomic E-state index is 12.1. The van der Waals surface area contributed by atoms with E-state index in [0.29, 0.717) is 31.4 Å². The Morgan fingerprint density at radius 1 is 1.43 bits per heavy atom. The molecule has 1 unspecified atom stereocenters. The maximum absolute atomic E-state index is 12.1. The Morgan fingerprint density at radius 2 is 2.14 bits per heavy atom. The molecule has 1 aliphatic rings. The molecule has 1 amide bonds. The minimum absolute atomic E-state index is 0.0131. The van der Waals surface area contributed by atoms with Gasteiger partial charge in [-0.15, -0.1) is 0 Å². The molecular weight excluding hydrogens is 270 g/mol. The summed E-state index contributed by atoms with van der Waals surface area (Å²) in [6, 6.07) is 7.80. The molecular formula is C16H23NO4. The number of amides is 1. The molecule has 1 saturated heterocycles. The summed E-state index contributed by atoms with van der Waals surface area (Å²) in [5.41, 5.74) is 1.24. The monoisotopic (exact) mass is 293 g/mol. The highest BCUT2D eigenvalue weighted by atomic mass is 16.5. The van der Waals surface area contributed by atoms with Crippen molar-refractivity contribution in [3.8, 4) is 5.75 Å². The molecule has 0 bridgehead atoms. The van der Waals surface area contributed by atoms with Crippen LogP contribution in [0.2, 0.25) is 0 Å². The number of nitrogens with zero attached hydrogens (tertiary/aromatic N) is 1. The molecule has 1 N–H and O–H groups in total. The van der Waals surface area contributed by atoms with E-state index in [1.807, 2.05) is 24.3 Å². The number of benzene rings is 1. The van der Waals surface area contributed by atoms with Gasteiger partial charge in [0.25, 0.3) is 5.91 Å². The summed E-state index contributed by atoms with van der Waals surface area (Å²) in [7, 11) is 0. The molecule has 1 aromatic rings. The lowest BCUT2D eigenvalue weighted by Gasteiger charge is -2.31. The van der Waals surface area contributed by atoms with E-state index >= 15 is 0 Å². The third kappa shape index (κ3) is 4.44. The molecule has 1 heterocycles. The van der Waals surface area contributed by atoms with Crippen LogP contribution >= 0.6 is 0 Å². The number of rotatable bonds is 5. The van der Waals surface area contributed by atoms with E-state index in [1.165, 1.54) is 5.56 Å². The van der Waals surface area contributed by atoms with Gasteiger partial charge in [-0.05, 0) is 23.6 Å². The highest BCUT2D eigenvalue weighted by molar-refractivity contribution is 5.77. The Balaban J connectivity index is 1.83. The van der Waals surface area contributed by atoms with E-state index in [4.69, 9.17) is 14.6 Å². The molecule has 1 aliphatic heterocycles. The van der Waals surface area contributed by atoms with E-state index in [0.717, 1.165) is 0 Å². The summed E-state index contributed by atoms with van der Waals surface area (Å²) in [5.74, 6) is 1.09. The zero-order chi connectivity index (χ0) is 15.2. The van der Waals surface area contributed by atoms with Gasteiger partial charge in [-0.1, -0.05) is 26.0 Å². The van der Waals surface area contributed by atoms with Crippen molar-refractivity contribution >= 4 is 5.91 Å². The van der Waals surface area contributed by atoms with Crippen LogP contribution in [0.4, 0.5) is 0 Å². The van der Waals surface area contributed by atoms with Crippen molar-refractivity contribution in [2.45, 2.75) is 25.9 Å². The van der Waals surface area contributed by atoms with Gasteiger partial charge in [-0.25, -0.2) is 0 Å². The lowest BCUT2D eigenvalue weighted by atomic mass is 10.0. The molecule has 2 rings (SSSR count). The van der Waals surface area contributed by atoms with Crippen LogP contribution in [0.25, 0.3) is 0 Å². The molecule has 0 radical (unpaired) electrons. The van der Waals surface area contributed by atoms with Crippen molar-refractivity contribution in [2.24, 2.45) is 0 Å². The summed E-state index contributed by atoms with van der Waals surface area (Å²) < 4.78 is 10.9. The highest BCUT2D eigenvalue weighted by Crippen LogP contribution is 2.18. The predicted octanol–water partition coefficient (Wildman–Crippen LogP) is 1.41. The first-order valence-electron chi connectivity index (χ1n) is 7.33. The van der Waals surface area contributed by atoms with Crippen molar-refractivity contribution in [3.05, 3.63) is 29.8 Å². The minimum atomic E-state index is -0.284.